The van der Waals surface area contributed by atoms with E-state index in [4.69, 9.17) is 5.11 Å². The van der Waals surface area contributed by atoms with Crippen molar-refractivity contribution in [3.05, 3.63) is 27.9 Å². The lowest BCUT2D eigenvalue weighted by Gasteiger charge is -2.27. The van der Waals surface area contributed by atoms with Crippen molar-refractivity contribution in [1.82, 2.24) is 4.98 Å². The van der Waals surface area contributed by atoms with Gasteiger partial charge in [0.1, 0.15) is 12.0 Å². The van der Waals surface area contributed by atoms with Gasteiger partial charge in [0.05, 0.1) is 11.5 Å². The summed E-state index contributed by atoms with van der Waals surface area (Å²) in [6, 6.07) is 1.85. The van der Waals surface area contributed by atoms with Crippen molar-refractivity contribution in [2.24, 2.45) is 0 Å². The zero-order valence-electron chi connectivity index (χ0n) is 10.3. The summed E-state index contributed by atoms with van der Waals surface area (Å²) in [5.41, 5.74) is 0.588. The number of aryl methyl sites for hydroxylation is 1. The zero-order valence-corrected chi connectivity index (χ0v) is 10.3. The van der Waals surface area contributed by atoms with Gasteiger partial charge in [0.2, 0.25) is 0 Å². The Kier molecular flexibility index (Phi) is 4.39. The highest BCUT2D eigenvalue weighted by Gasteiger charge is 2.16. The number of hydrogen-bond acceptors (Lipinski definition) is 5. The molecule has 1 N–H and O–H groups in total. The Morgan fingerprint density at radius 3 is 2.65 bits per heavy atom. The molecular weight excluding hydrogens is 222 g/mol. The minimum absolute atomic E-state index is 0.0152. The van der Waals surface area contributed by atoms with Gasteiger partial charge in [-0.25, -0.2) is 4.98 Å². The van der Waals surface area contributed by atoms with E-state index in [0.717, 1.165) is 0 Å². The lowest BCUT2D eigenvalue weighted by molar-refractivity contribution is -0.385. The molecule has 0 saturated heterocycles. The Bertz CT molecular complexity index is 407. The van der Waals surface area contributed by atoms with Gasteiger partial charge >= 0.3 is 0 Å². The quantitative estimate of drug-likeness (QED) is 0.622. The molecule has 0 saturated carbocycles. The van der Waals surface area contributed by atoms with Crippen LogP contribution in [0.15, 0.2) is 12.3 Å². The molecule has 0 spiro atoms. The monoisotopic (exact) mass is 239 g/mol. The summed E-state index contributed by atoms with van der Waals surface area (Å²) in [4.78, 5) is 16.2. The van der Waals surface area contributed by atoms with Crippen molar-refractivity contribution < 1.29 is 10.0 Å². The lowest BCUT2D eigenvalue weighted by atomic mass is 10.2. The van der Waals surface area contributed by atoms with E-state index in [1.807, 2.05) is 18.7 Å². The molecule has 0 aliphatic rings. The Morgan fingerprint density at radius 2 is 2.24 bits per heavy atom. The standard InChI is InChI=1S/C11H17N3O3/c1-8(2)13(4-5-15)11-6-9(3)10(7-12-11)14(16)17/h6-8,15H,4-5H2,1-3H3. The normalized spacial score (nSPS) is 10.6. The largest absolute Gasteiger partial charge is 0.395 e. The van der Waals surface area contributed by atoms with Crippen LogP contribution >= 0.6 is 0 Å². The second-order valence-electron chi connectivity index (χ2n) is 4.10. The Hall–Kier alpha value is -1.69. The van der Waals surface area contributed by atoms with E-state index in [-0.39, 0.29) is 18.3 Å². The predicted molar refractivity (Wildman–Crippen MR) is 65.2 cm³/mol. The Balaban J connectivity index is 3.06. The number of nitro groups is 1. The average molecular weight is 239 g/mol. The van der Waals surface area contributed by atoms with Gasteiger partial charge in [-0.2, -0.15) is 0 Å². The summed E-state index contributed by atoms with van der Waals surface area (Å²) in [5, 5.41) is 19.7. The first-order chi connectivity index (χ1) is 7.97. The molecular formula is C11H17N3O3. The zero-order chi connectivity index (χ0) is 13.0. The number of aromatic nitrogens is 1. The number of pyridine rings is 1. The van der Waals surface area contributed by atoms with Gasteiger partial charge in [-0.1, -0.05) is 0 Å². The highest BCUT2D eigenvalue weighted by molar-refractivity contribution is 5.49. The summed E-state index contributed by atoms with van der Waals surface area (Å²) in [5.74, 6) is 0.650. The fraction of sp³-hybridized carbons (Fsp3) is 0.545. The van der Waals surface area contributed by atoms with Crippen molar-refractivity contribution in [2.45, 2.75) is 26.8 Å². The fourth-order valence-electron chi connectivity index (χ4n) is 1.63. The molecule has 0 radical (unpaired) electrons. The number of rotatable bonds is 5. The molecule has 0 atom stereocenters. The van der Waals surface area contributed by atoms with E-state index >= 15 is 0 Å². The molecule has 0 aromatic carbocycles. The van der Waals surface area contributed by atoms with E-state index < -0.39 is 4.92 Å². The fourth-order valence-corrected chi connectivity index (χ4v) is 1.63. The Labute approximate surface area is 100 Å². The maximum atomic E-state index is 10.7. The molecule has 0 bridgehead atoms. The average Bonchev–Trinajstić information content (AvgIpc) is 2.24. The van der Waals surface area contributed by atoms with Crippen LogP contribution in [0.5, 0.6) is 0 Å². The van der Waals surface area contributed by atoms with Crippen molar-refractivity contribution in [3.8, 4) is 0 Å². The molecule has 0 amide bonds. The van der Waals surface area contributed by atoms with Crippen LogP contribution in [0.4, 0.5) is 11.5 Å². The summed E-state index contributed by atoms with van der Waals surface area (Å²) in [6.07, 6.45) is 1.26. The van der Waals surface area contributed by atoms with Gasteiger partial charge in [-0.3, -0.25) is 10.1 Å². The maximum absolute atomic E-state index is 10.7. The first-order valence-electron chi connectivity index (χ1n) is 5.46. The SMILES string of the molecule is Cc1cc(N(CCO)C(C)C)ncc1[N+](=O)[O-]. The molecule has 0 aliphatic heterocycles. The molecule has 1 rings (SSSR count). The molecule has 0 aliphatic carbocycles. The summed E-state index contributed by atoms with van der Waals surface area (Å²) >= 11 is 0. The predicted octanol–water partition coefficient (Wildman–Crippen LogP) is 1.51. The third-order valence-electron chi connectivity index (χ3n) is 2.52. The topological polar surface area (TPSA) is 79.5 Å². The van der Waals surface area contributed by atoms with Crippen LogP contribution in [-0.4, -0.2) is 34.2 Å². The van der Waals surface area contributed by atoms with Gasteiger partial charge in [-0.15, -0.1) is 0 Å². The third-order valence-corrected chi connectivity index (χ3v) is 2.52. The molecule has 0 fully saturated rings. The molecule has 17 heavy (non-hydrogen) atoms. The number of nitrogens with zero attached hydrogens (tertiary/aromatic N) is 3. The lowest BCUT2D eigenvalue weighted by Crippen LogP contribution is -2.34. The molecule has 94 valence electrons. The Morgan fingerprint density at radius 1 is 1.59 bits per heavy atom. The van der Waals surface area contributed by atoms with Gasteiger partial charge in [0.25, 0.3) is 5.69 Å². The van der Waals surface area contributed by atoms with Crippen LogP contribution in [0.1, 0.15) is 19.4 Å². The van der Waals surface area contributed by atoms with Crippen LogP contribution in [0.25, 0.3) is 0 Å². The van der Waals surface area contributed by atoms with Crippen molar-refractivity contribution in [3.63, 3.8) is 0 Å². The van der Waals surface area contributed by atoms with E-state index in [2.05, 4.69) is 4.98 Å². The van der Waals surface area contributed by atoms with Crippen molar-refractivity contribution in [2.75, 3.05) is 18.1 Å². The van der Waals surface area contributed by atoms with Crippen LogP contribution < -0.4 is 4.90 Å². The number of hydrogen-bond donors (Lipinski definition) is 1. The number of aliphatic hydroxyl groups is 1. The van der Waals surface area contributed by atoms with E-state index in [9.17, 15) is 10.1 Å². The van der Waals surface area contributed by atoms with Crippen LogP contribution in [0.2, 0.25) is 0 Å². The van der Waals surface area contributed by atoms with Gasteiger partial charge in [0, 0.05) is 18.2 Å². The van der Waals surface area contributed by atoms with E-state index in [1.54, 1.807) is 13.0 Å². The smallest absolute Gasteiger partial charge is 0.290 e. The molecule has 1 aromatic rings. The summed E-state index contributed by atoms with van der Waals surface area (Å²) in [6.45, 7) is 6.13. The minimum atomic E-state index is -0.447. The minimum Gasteiger partial charge on any atom is -0.395 e. The maximum Gasteiger partial charge on any atom is 0.290 e. The highest BCUT2D eigenvalue weighted by Crippen LogP contribution is 2.22. The second-order valence-corrected chi connectivity index (χ2v) is 4.10. The summed E-state index contributed by atoms with van der Waals surface area (Å²) < 4.78 is 0. The number of aliphatic hydroxyl groups excluding tert-OH is 1. The third kappa shape index (κ3) is 3.13. The molecule has 1 aromatic heterocycles. The first kappa shape index (κ1) is 13.4. The molecule has 6 nitrogen and oxygen atoms in total. The molecule has 6 heteroatoms. The van der Waals surface area contributed by atoms with E-state index in [0.29, 0.717) is 17.9 Å². The highest BCUT2D eigenvalue weighted by atomic mass is 16.6. The van der Waals surface area contributed by atoms with Crippen molar-refractivity contribution in [1.29, 1.82) is 0 Å². The van der Waals surface area contributed by atoms with Crippen molar-refractivity contribution >= 4 is 11.5 Å². The van der Waals surface area contributed by atoms with Crippen LogP contribution in [0.3, 0.4) is 0 Å². The second kappa shape index (κ2) is 5.58. The van der Waals surface area contributed by atoms with E-state index in [1.165, 1.54) is 6.20 Å². The van der Waals surface area contributed by atoms with Crippen LogP contribution in [0, 0.1) is 17.0 Å². The molecule has 1 heterocycles. The summed E-state index contributed by atoms with van der Waals surface area (Å²) in [7, 11) is 0. The van der Waals surface area contributed by atoms with Gasteiger partial charge in [-0.05, 0) is 26.8 Å². The van der Waals surface area contributed by atoms with Crippen LogP contribution in [-0.2, 0) is 0 Å². The number of anilines is 1. The van der Waals surface area contributed by atoms with Gasteiger partial charge < -0.3 is 10.0 Å². The molecule has 0 unspecified atom stereocenters. The van der Waals surface area contributed by atoms with Gasteiger partial charge in [0.15, 0.2) is 0 Å². The first-order valence-corrected chi connectivity index (χ1v) is 5.46.